The fourth-order valence-corrected chi connectivity index (χ4v) is 2.42. The molecule has 0 aliphatic carbocycles. The Morgan fingerprint density at radius 2 is 2.00 bits per heavy atom. The average molecular weight is 266 g/mol. The number of H-pyrrole nitrogens is 1. The van der Waals surface area contributed by atoms with E-state index in [1.165, 1.54) is 0 Å². The van der Waals surface area contributed by atoms with Crippen molar-refractivity contribution in [2.45, 2.75) is 19.8 Å². The van der Waals surface area contributed by atoms with E-state index in [0.717, 1.165) is 22.6 Å². The number of nitrogens with zero attached hydrogens (tertiary/aromatic N) is 2. The molecule has 1 aromatic carbocycles. The minimum Gasteiger partial charge on any atom is -0.420 e. The first kappa shape index (κ1) is 12.3. The normalized spacial score (nSPS) is 17.4. The van der Waals surface area contributed by atoms with Gasteiger partial charge in [0.2, 0.25) is 11.8 Å². The van der Waals surface area contributed by atoms with E-state index in [0.29, 0.717) is 11.5 Å². The number of hydrogen-bond acceptors (Lipinski definition) is 4. The quantitative estimate of drug-likeness (QED) is 0.828. The fourth-order valence-electron chi connectivity index (χ4n) is 2.42. The zero-order valence-electron chi connectivity index (χ0n) is 11.3. The first-order chi connectivity index (χ1) is 9.60. The van der Waals surface area contributed by atoms with Crippen molar-refractivity contribution in [3.63, 3.8) is 0 Å². The highest BCUT2D eigenvalue weighted by Crippen LogP contribution is 2.40. The van der Waals surface area contributed by atoms with Crippen LogP contribution in [0.3, 0.4) is 0 Å². The molecule has 2 aromatic rings. The molecule has 5 nitrogen and oxygen atoms in total. The molecule has 1 aliphatic heterocycles. The number of aromatic nitrogens is 2. The molecule has 0 bridgehead atoms. The van der Waals surface area contributed by atoms with E-state index in [1.54, 1.807) is 0 Å². The number of hydrogen-bond donors (Lipinski definition) is 2. The van der Waals surface area contributed by atoms with Crippen LogP contribution >= 0.6 is 0 Å². The van der Waals surface area contributed by atoms with Gasteiger partial charge in [0.15, 0.2) is 0 Å². The van der Waals surface area contributed by atoms with Crippen LogP contribution in [-0.2, 0) is 0 Å². The SMILES string of the molecule is Cc1ccc([C@H]2C(C#N)=C(N)Oc3nc(C)[nH]c32)cc1. The van der Waals surface area contributed by atoms with Crippen LogP contribution in [0.5, 0.6) is 5.88 Å². The maximum absolute atomic E-state index is 9.38. The summed E-state index contributed by atoms with van der Waals surface area (Å²) in [7, 11) is 0. The molecule has 0 saturated heterocycles. The Kier molecular flexibility index (Phi) is 2.72. The van der Waals surface area contributed by atoms with Crippen molar-refractivity contribution in [1.29, 1.82) is 5.26 Å². The second-order valence-electron chi connectivity index (χ2n) is 4.88. The summed E-state index contributed by atoms with van der Waals surface area (Å²) in [5.41, 5.74) is 9.19. The number of benzene rings is 1. The van der Waals surface area contributed by atoms with Crippen LogP contribution in [0, 0.1) is 25.2 Å². The summed E-state index contributed by atoms with van der Waals surface area (Å²) in [5.74, 6) is 1.05. The lowest BCUT2D eigenvalue weighted by Crippen LogP contribution is -2.21. The molecular formula is C15H14N4O. The number of nitriles is 1. The van der Waals surface area contributed by atoms with Crippen LogP contribution < -0.4 is 10.5 Å². The third kappa shape index (κ3) is 1.82. The number of aryl methyl sites for hydroxylation is 2. The molecule has 0 radical (unpaired) electrons. The van der Waals surface area contributed by atoms with E-state index in [4.69, 9.17) is 10.5 Å². The molecule has 3 N–H and O–H groups in total. The second-order valence-corrected chi connectivity index (χ2v) is 4.88. The largest absolute Gasteiger partial charge is 0.420 e. The highest BCUT2D eigenvalue weighted by molar-refractivity contribution is 5.51. The van der Waals surface area contributed by atoms with E-state index in [1.807, 2.05) is 38.1 Å². The van der Waals surface area contributed by atoms with Gasteiger partial charge in [0.25, 0.3) is 0 Å². The van der Waals surface area contributed by atoms with E-state index < -0.39 is 0 Å². The van der Waals surface area contributed by atoms with Crippen LogP contribution in [0.1, 0.15) is 28.6 Å². The zero-order valence-corrected chi connectivity index (χ0v) is 11.3. The predicted molar refractivity (Wildman–Crippen MR) is 73.8 cm³/mol. The second kappa shape index (κ2) is 4.42. The summed E-state index contributed by atoms with van der Waals surface area (Å²) in [6.45, 7) is 3.87. The summed E-state index contributed by atoms with van der Waals surface area (Å²) >= 11 is 0. The van der Waals surface area contributed by atoms with Gasteiger partial charge in [-0.3, -0.25) is 0 Å². The molecular weight excluding hydrogens is 252 g/mol. The van der Waals surface area contributed by atoms with Crippen molar-refractivity contribution in [3.8, 4) is 11.9 Å². The highest BCUT2D eigenvalue weighted by atomic mass is 16.5. The average Bonchev–Trinajstić information content (AvgIpc) is 2.78. The Morgan fingerprint density at radius 1 is 1.30 bits per heavy atom. The van der Waals surface area contributed by atoms with E-state index >= 15 is 0 Å². The standard InChI is InChI=1S/C15H14N4O/c1-8-3-5-10(6-4-8)12-11(7-16)14(17)20-15-13(12)18-9(2)19-15/h3-6,12H,17H2,1-2H3,(H,18,19)/t12-/m0/s1. The number of imidazole rings is 1. The number of fused-ring (bicyclic) bond motifs is 1. The molecule has 20 heavy (non-hydrogen) atoms. The molecule has 0 spiro atoms. The van der Waals surface area contributed by atoms with Crippen molar-refractivity contribution in [2.24, 2.45) is 5.73 Å². The number of rotatable bonds is 1. The summed E-state index contributed by atoms with van der Waals surface area (Å²) in [4.78, 5) is 7.43. The lowest BCUT2D eigenvalue weighted by molar-refractivity contribution is 0.379. The van der Waals surface area contributed by atoms with Gasteiger partial charge in [-0.05, 0) is 19.4 Å². The van der Waals surface area contributed by atoms with Crippen LogP contribution in [0.15, 0.2) is 35.7 Å². The molecule has 0 saturated carbocycles. The molecule has 0 unspecified atom stereocenters. The fraction of sp³-hybridized carbons (Fsp3) is 0.200. The first-order valence-electron chi connectivity index (χ1n) is 6.31. The molecule has 0 fully saturated rings. The van der Waals surface area contributed by atoms with E-state index in [2.05, 4.69) is 16.0 Å². The molecule has 0 amide bonds. The van der Waals surface area contributed by atoms with Crippen molar-refractivity contribution in [3.05, 3.63) is 58.4 Å². The minimum absolute atomic E-state index is 0.122. The molecule has 1 aliphatic rings. The summed E-state index contributed by atoms with van der Waals surface area (Å²) < 4.78 is 5.42. The number of nitrogens with two attached hydrogens (primary N) is 1. The van der Waals surface area contributed by atoms with Gasteiger partial charge in [0, 0.05) is 0 Å². The Labute approximate surface area is 116 Å². The Bertz CT molecular complexity index is 734. The van der Waals surface area contributed by atoms with Gasteiger partial charge in [0.05, 0.1) is 11.6 Å². The lowest BCUT2D eigenvalue weighted by atomic mass is 9.87. The maximum Gasteiger partial charge on any atom is 0.243 e. The van der Waals surface area contributed by atoms with Gasteiger partial charge in [-0.25, -0.2) is 0 Å². The first-order valence-corrected chi connectivity index (χ1v) is 6.31. The van der Waals surface area contributed by atoms with E-state index in [-0.39, 0.29) is 11.8 Å². The van der Waals surface area contributed by atoms with Crippen LogP contribution in [0.4, 0.5) is 0 Å². The van der Waals surface area contributed by atoms with Gasteiger partial charge in [-0.2, -0.15) is 10.2 Å². The Balaban J connectivity index is 2.19. The van der Waals surface area contributed by atoms with Crippen LogP contribution in [-0.4, -0.2) is 9.97 Å². The van der Waals surface area contributed by atoms with Crippen LogP contribution in [0.25, 0.3) is 0 Å². The van der Waals surface area contributed by atoms with Gasteiger partial charge >= 0.3 is 0 Å². The maximum atomic E-state index is 9.38. The number of allylic oxidation sites excluding steroid dienone is 1. The molecule has 2 heterocycles. The van der Waals surface area contributed by atoms with Gasteiger partial charge < -0.3 is 15.5 Å². The minimum atomic E-state index is -0.259. The highest BCUT2D eigenvalue weighted by Gasteiger charge is 2.33. The molecule has 3 rings (SSSR count). The number of nitrogens with one attached hydrogen (secondary N) is 1. The molecule has 100 valence electrons. The number of ether oxygens (including phenoxy) is 1. The molecule has 1 aromatic heterocycles. The lowest BCUT2D eigenvalue weighted by Gasteiger charge is -2.22. The molecule has 1 atom stereocenters. The van der Waals surface area contributed by atoms with Gasteiger partial charge in [0.1, 0.15) is 17.5 Å². The topological polar surface area (TPSA) is 87.7 Å². The van der Waals surface area contributed by atoms with Crippen molar-refractivity contribution in [2.75, 3.05) is 0 Å². The Morgan fingerprint density at radius 3 is 2.65 bits per heavy atom. The third-order valence-electron chi connectivity index (χ3n) is 3.40. The molecule has 5 heteroatoms. The van der Waals surface area contributed by atoms with Crippen LogP contribution in [0.2, 0.25) is 0 Å². The van der Waals surface area contributed by atoms with Crippen molar-refractivity contribution < 1.29 is 4.74 Å². The van der Waals surface area contributed by atoms with Gasteiger partial charge in [-0.15, -0.1) is 0 Å². The number of aromatic amines is 1. The third-order valence-corrected chi connectivity index (χ3v) is 3.40. The monoisotopic (exact) mass is 266 g/mol. The van der Waals surface area contributed by atoms with Gasteiger partial charge in [-0.1, -0.05) is 29.8 Å². The summed E-state index contributed by atoms with van der Waals surface area (Å²) in [6, 6.07) is 10.2. The van der Waals surface area contributed by atoms with Crippen molar-refractivity contribution in [1.82, 2.24) is 9.97 Å². The smallest absolute Gasteiger partial charge is 0.243 e. The zero-order chi connectivity index (χ0) is 14.3. The summed E-state index contributed by atoms with van der Waals surface area (Å²) in [5, 5.41) is 9.38. The predicted octanol–water partition coefficient (Wildman–Crippen LogP) is 2.24. The van der Waals surface area contributed by atoms with Crippen molar-refractivity contribution >= 4 is 0 Å². The summed E-state index contributed by atoms with van der Waals surface area (Å²) in [6.07, 6.45) is 0. The van der Waals surface area contributed by atoms with E-state index in [9.17, 15) is 5.26 Å². The Hall–Kier alpha value is -2.74.